The fourth-order valence-corrected chi connectivity index (χ4v) is 5.83. The molecule has 0 radical (unpaired) electrons. The van der Waals surface area contributed by atoms with E-state index in [1.54, 1.807) is 12.4 Å². The van der Waals surface area contributed by atoms with Gasteiger partial charge in [0.15, 0.2) is 0 Å². The maximum Gasteiger partial charge on any atom is 0.256 e. The summed E-state index contributed by atoms with van der Waals surface area (Å²) in [6.07, 6.45) is 7.44. The van der Waals surface area contributed by atoms with Gasteiger partial charge in [-0.3, -0.25) is 9.59 Å². The van der Waals surface area contributed by atoms with Gasteiger partial charge in [-0.1, -0.05) is 19.9 Å². The van der Waals surface area contributed by atoms with Gasteiger partial charge in [-0.2, -0.15) is 0 Å². The third kappa shape index (κ3) is 5.65. The molecular formula is C31H39N7O2. The molecule has 0 atom stereocenters. The summed E-state index contributed by atoms with van der Waals surface area (Å²) in [6.45, 7) is 13.2. The third-order valence-electron chi connectivity index (χ3n) is 8.23. The van der Waals surface area contributed by atoms with Crippen molar-refractivity contribution in [3.8, 4) is 0 Å². The van der Waals surface area contributed by atoms with Gasteiger partial charge in [0.25, 0.3) is 11.8 Å². The number of nitrogens with zero attached hydrogens (tertiary/aromatic N) is 4. The van der Waals surface area contributed by atoms with Gasteiger partial charge in [0.2, 0.25) is 5.95 Å². The normalized spacial score (nSPS) is 16.5. The summed E-state index contributed by atoms with van der Waals surface area (Å²) in [5.74, 6) is 0.973. The standard InChI is InChI=1S/C31H39N7O2/c1-5-37(6-2)17-14-32-30(40)28-20(3)27(35-21(28)4)19-25-24-18-23(8-9-26(24)36-29(25)39)22-10-15-38(16-11-22)31-33-12-7-13-34-31/h7-9,12-13,18-19,22,35H,5-6,10-11,14-17H2,1-4H3,(H,32,40)(H,36,39). The molecule has 0 aliphatic carbocycles. The van der Waals surface area contributed by atoms with Crippen molar-refractivity contribution in [3.05, 3.63) is 70.3 Å². The lowest BCUT2D eigenvalue weighted by molar-refractivity contribution is -0.110. The number of carbonyl (C=O) groups is 2. The predicted molar refractivity (Wildman–Crippen MR) is 160 cm³/mol. The number of anilines is 2. The molecule has 2 amide bonds. The highest BCUT2D eigenvalue weighted by Crippen LogP contribution is 2.38. The first-order chi connectivity index (χ1) is 19.4. The van der Waals surface area contributed by atoms with Gasteiger partial charge in [0.1, 0.15) is 0 Å². The number of benzene rings is 1. The first-order valence-electron chi connectivity index (χ1n) is 14.3. The summed E-state index contributed by atoms with van der Waals surface area (Å²) in [6, 6.07) is 8.13. The highest BCUT2D eigenvalue weighted by molar-refractivity contribution is 6.35. The van der Waals surface area contributed by atoms with Gasteiger partial charge in [0.05, 0.1) is 11.1 Å². The first kappa shape index (κ1) is 27.6. The van der Waals surface area contributed by atoms with E-state index >= 15 is 0 Å². The smallest absolute Gasteiger partial charge is 0.256 e. The van der Waals surface area contributed by atoms with Crippen molar-refractivity contribution in [1.82, 2.24) is 25.2 Å². The summed E-state index contributed by atoms with van der Waals surface area (Å²) >= 11 is 0. The number of likely N-dealkylation sites (N-methyl/N-ethyl adjacent to an activating group) is 1. The molecule has 9 nitrogen and oxygen atoms in total. The van der Waals surface area contributed by atoms with Crippen LogP contribution in [0.25, 0.3) is 11.6 Å². The van der Waals surface area contributed by atoms with Crippen LogP contribution in [0.15, 0.2) is 36.7 Å². The molecular weight excluding hydrogens is 502 g/mol. The molecule has 3 N–H and O–H groups in total. The number of fused-ring (bicyclic) bond motifs is 1. The number of rotatable bonds is 9. The van der Waals surface area contributed by atoms with Crippen molar-refractivity contribution in [1.29, 1.82) is 0 Å². The van der Waals surface area contributed by atoms with E-state index in [4.69, 9.17) is 0 Å². The van der Waals surface area contributed by atoms with Crippen LogP contribution in [0.5, 0.6) is 0 Å². The predicted octanol–water partition coefficient (Wildman–Crippen LogP) is 4.37. The van der Waals surface area contributed by atoms with E-state index in [0.717, 1.165) is 79.7 Å². The van der Waals surface area contributed by atoms with Crippen molar-refractivity contribution in [2.75, 3.05) is 49.5 Å². The summed E-state index contributed by atoms with van der Waals surface area (Å²) in [4.78, 5) is 42.7. The lowest BCUT2D eigenvalue weighted by Gasteiger charge is -2.32. The Bertz CT molecular complexity index is 1400. The molecule has 2 aromatic heterocycles. The number of aryl methyl sites for hydroxylation is 1. The van der Waals surface area contributed by atoms with E-state index in [0.29, 0.717) is 23.6 Å². The van der Waals surface area contributed by atoms with Gasteiger partial charge in [-0.25, -0.2) is 9.97 Å². The molecule has 0 bridgehead atoms. The van der Waals surface area contributed by atoms with Gasteiger partial charge >= 0.3 is 0 Å². The Kier molecular flexibility index (Phi) is 8.30. The van der Waals surface area contributed by atoms with E-state index in [2.05, 4.69) is 61.4 Å². The van der Waals surface area contributed by atoms with E-state index in [1.807, 2.05) is 32.1 Å². The number of aromatic amines is 1. The zero-order valence-corrected chi connectivity index (χ0v) is 23.9. The van der Waals surface area contributed by atoms with Crippen LogP contribution >= 0.6 is 0 Å². The Labute approximate surface area is 236 Å². The lowest BCUT2D eigenvalue weighted by Crippen LogP contribution is -2.35. The Morgan fingerprint density at radius 3 is 2.58 bits per heavy atom. The number of hydrogen-bond acceptors (Lipinski definition) is 6. The number of hydrogen-bond donors (Lipinski definition) is 3. The van der Waals surface area contributed by atoms with Crippen molar-refractivity contribution < 1.29 is 9.59 Å². The van der Waals surface area contributed by atoms with Crippen molar-refractivity contribution in [2.45, 2.75) is 46.5 Å². The minimum absolute atomic E-state index is 0.0890. The highest BCUT2D eigenvalue weighted by Gasteiger charge is 2.28. The van der Waals surface area contributed by atoms with Crippen LogP contribution in [0.1, 0.15) is 71.0 Å². The van der Waals surface area contributed by atoms with E-state index in [1.165, 1.54) is 5.56 Å². The van der Waals surface area contributed by atoms with Crippen LogP contribution in [0.3, 0.4) is 0 Å². The van der Waals surface area contributed by atoms with Gasteiger partial charge in [-0.15, -0.1) is 0 Å². The molecule has 40 heavy (non-hydrogen) atoms. The molecule has 1 aromatic carbocycles. The topological polar surface area (TPSA) is 106 Å². The molecule has 1 saturated heterocycles. The van der Waals surface area contributed by atoms with Gasteiger partial charge < -0.3 is 25.4 Å². The monoisotopic (exact) mass is 541 g/mol. The van der Waals surface area contributed by atoms with E-state index < -0.39 is 0 Å². The Morgan fingerprint density at radius 2 is 1.88 bits per heavy atom. The molecule has 0 spiro atoms. The summed E-state index contributed by atoms with van der Waals surface area (Å²) in [5.41, 5.74) is 6.66. The van der Waals surface area contributed by atoms with Crippen molar-refractivity contribution >= 4 is 35.1 Å². The summed E-state index contributed by atoms with van der Waals surface area (Å²) < 4.78 is 0. The fraction of sp³-hybridized carbons (Fsp3) is 0.419. The zero-order valence-electron chi connectivity index (χ0n) is 23.9. The van der Waals surface area contributed by atoms with Crippen LogP contribution < -0.4 is 15.5 Å². The molecule has 9 heteroatoms. The average molecular weight is 542 g/mol. The molecule has 2 aliphatic heterocycles. The highest BCUT2D eigenvalue weighted by atomic mass is 16.2. The number of piperidine rings is 1. The largest absolute Gasteiger partial charge is 0.358 e. The summed E-state index contributed by atoms with van der Waals surface area (Å²) in [5, 5.41) is 6.07. The van der Waals surface area contributed by atoms with Crippen LogP contribution in [-0.2, 0) is 4.79 Å². The quantitative estimate of drug-likeness (QED) is 0.348. The Morgan fingerprint density at radius 1 is 1.15 bits per heavy atom. The fourth-order valence-electron chi connectivity index (χ4n) is 5.83. The molecule has 210 valence electrons. The Hall–Kier alpha value is -3.98. The maximum atomic E-state index is 13.0. The molecule has 1 fully saturated rings. The minimum atomic E-state index is -0.125. The van der Waals surface area contributed by atoms with Crippen LogP contribution in [0.2, 0.25) is 0 Å². The second-order valence-electron chi connectivity index (χ2n) is 10.6. The molecule has 3 aromatic rings. The number of carbonyl (C=O) groups excluding carboxylic acids is 2. The third-order valence-corrected chi connectivity index (χ3v) is 8.23. The number of nitrogens with one attached hydrogen (secondary N) is 3. The van der Waals surface area contributed by atoms with Crippen molar-refractivity contribution in [2.24, 2.45) is 0 Å². The van der Waals surface area contributed by atoms with E-state index in [9.17, 15) is 9.59 Å². The van der Waals surface area contributed by atoms with Crippen molar-refractivity contribution in [3.63, 3.8) is 0 Å². The minimum Gasteiger partial charge on any atom is -0.358 e. The molecule has 5 rings (SSSR count). The second-order valence-corrected chi connectivity index (χ2v) is 10.6. The van der Waals surface area contributed by atoms with Crippen LogP contribution in [-0.4, -0.2) is 70.9 Å². The maximum absolute atomic E-state index is 13.0. The average Bonchev–Trinajstić information content (AvgIpc) is 3.44. The van der Waals surface area contributed by atoms with Crippen LogP contribution in [0.4, 0.5) is 11.6 Å². The molecule has 2 aliphatic rings. The molecule has 4 heterocycles. The summed E-state index contributed by atoms with van der Waals surface area (Å²) in [7, 11) is 0. The zero-order chi connectivity index (χ0) is 28.2. The first-order valence-corrected chi connectivity index (χ1v) is 14.3. The number of H-pyrrole nitrogens is 1. The number of aromatic nitrogens is 3. The second kappa shape index (κ2) is 12.0. The van der Waals surface area contributed by atoms with Crippen LogP contribution in [0, 0.1) is 13.8 Å². The van der Waals surface area contributed by atoms with Gasteiger partial charge in [-0.05, 0) is 81.1 Å². The SMILES string of the molecule is CCN(CC)CCNC(=O)c1c(C)[nH]c(C=C2C(=O)Nc3ccc(C4CCN(c5ncccn5)CC4)cc32)c1C. The molecule has 0 unspecified atom stereocenters. The molecule has 0 saturated carbocycles. The van der Waals surface area contributed by atoms with E-state index in [-0.39, 0.29) is 11.8 Å². The number of amides is 2. The lowest BCUT2D eigenvalue weighted by atomic mass is 9.87. The Balaban J connectivity index is 1.32. The van der Waals surface area contributed by atoms with Gasteiger partial charge in [0, 0.05) is 61.2 Å².